The van der Waals surface area contributed by atoms with E-state index >= 15 is 0 Å². The minimum absolute atomic E-state index is 0.194. The molecule has 7 rings (SSSR count). The van der Waals surface area contributed by atoms with Gasteiger partial charge in [-0.1, -0.05) is 50.2 Å². The van der Waals surface area contributed by atoms with Crippen molar-refractivity contribution in [3.05, 3.63) is 88.2 Å². The number of anilines is 1. The lowest BCUT2D eigenvalue weighted by molar-refractivity contribution is -0.136. The van der Waals surface area contributed by atoms with E-state index in [0.717, 1.165) is 74.7 Å². The van der Waals surface area contributed by atoms with Crippen LogP contribution in [0.25, 0.3) is 0 Å². The summed E-state index contributed by atoms with van der Waals surface area (Å²) in [5, 5.41) is 17.5. The van der Waals surface area contributed by atoms with E-state index < -0.39 is 17.6 Å². The number of nitrogens with zero attached hydrogens (tertiary/aromatic N) is 5. The normalized spacial score (nSPS) is 22.0. The van der Waals surface area contributed by atoms with Gasteiger partial charge in [0.15, 0.2) is 0 Å². The first kappa shape index (κ1) is 33.3. The van der Waals surface area contributed by atoms with E-state index in [1.165, 1.54) is 11.1 Å². The van der Waals surface area contributed by atoms with Crippen molar-refractivity contribution in [1.82, 2.24) is 30.0 Å². The summed E-state index contributed by atoms with van der Waals surface area (Å²) in [7, 11) is 0. The van der Waals surface area contributed by atoms with Crippen molar-refractivity contribution < 1.29 is 19.5 Å². The largest absolute Gasteiger partial charge is 0.385 e. The highest BCUT2D eigenvalue weighted by molar-refractivity contribution is 6.05. The first-order valence-electron chi connectivity index (χ1n) is 17.7. The molecule has 49 heavy (non-hydrogen) atoms. The third kappa shape index (κ3) is 7.39. The Hall–Kier alpha value is -4.19. The van der Waals surface area contributed by atoms with E-state index in [1.807, 2.05) is 24.5 Å². The molecule has 1 atom stereocenters. The summed E-state index contributed by atoms with van der Waals surface area (Å²) in [6.45, 7) is 10.0. The van der Waals surface area contributed by atoms with Gasteiger partial charge in [-0.2, -0.15) is 0 Å². The highest BCUT2D eigenvalue weighted by Crippen LogP contribution is 2.37. The van der Waals surface area contributed by atoms with Gasteiger partial charge >= 0.3 is 0 Å². The maximum absolute atomic E-state index is 13.1. The number of aliphatic hydroxyl groups is 1. The zero-order valence-corrected chi connectivity index (χ0v) is 28.5. The SMILES string of the molecule is CC(C)c1cnc(NC2CCN(Cc3ccc(CN4CCC(O)(c5ccc6c(c5)CN(C5CCC(=O)NC5=O)C6=O)CC4)cc3)CC2)nc1. The lowest BCUT2D eigenvalue weighted by atomic mass is 9.83. The second-order valence-corrected chi connectivity index (χ2v) is 14.6. The van der Waals surface area contributed by atoms with Crippen LogP contribution >= 0.6 is 0 Å². The van der Waals surface area contributed by atoms with Gasteiger partial charge in [-0.25, -0.2) is 9.97 Å². The van der Waals surface area contributed by atoms with E-state index in [-0.39, 0.29) is 18.2 Å². The smallest absolute Gasteiger partial charge is 0.255 e. The number of nitrogens with one attached hydrogen (secondary N) is 2. The van der Waals surface area contributed by atoms with Crippen LogP contribution in [0, 0.1) is 0 Å². The monoisotopic (exact) mass is 665 g/mol. The van der Waals surface area contributed by atoms with Gasteiger partial charge in [0.25, 0.3) is 5.91 Å². The summed E-state index contributed by atoms with van der Waals surface area (Å²) in [6.07, 6.45) is 7.76. The zero-order valence-electron chi connectivity index (χ0n) is 28.5. The molecule has 11 heteroatoms. The fraction of sp³-hybridized carbons (Fsp3) is 0.500. The number of hydrogen-bond acceptors (Lipinski definition) is 9. The van der Waals surface area contributed by atoms with Crippen LogP contribution in [0.3, 0.4) is 0 Å². The van der Waals surface area contributed by atoms with Crippen molar-refractivity contribution in [2.45, 2.75) is 95.6 Å². The number of piperidine rings is 3. The lowest BCUT2D eigenvalue weighted by Gasteiger charge is -2.38. The summed E-state index contributed by atoms with van der Waals surface area (Å²) in [4.78, 5) is 52.6. The Morgan fingerprint density at radius 1 is 0.898 bits per heavy atom. The molecule has 0 saturated carbocycles. The molecule has 1 aromatic heterocycles. The molecule has 0 radical (unpaired) electrons. The third-order valence-corrected chi connectivity index (χ3v) is 10.8. The Balaban J connectivity index is 0.867. The Morgan fingerprint density at radius 2 is 1.53 bits per heavy atom. The maximum Gasteiger partial charge on any atom is 0.255 e. The van der Waals surface area contributed by atoms with Crippen LogP contribution in [0.5, 0.6) is 0 Å². The number of amides is 3. The number of carbonyl (C=O) groups is 3. The molecule has 3 aromatic rings. The van der Waals surface area contributed by atoms with Crippen LogP contribution in [-0.4, -0.2) is 85.8 Å². The summed E-state index contributed by atoms with van der Waals surface area (Å²) in [6, 6.07) is 14.3. The Kier molecular flexibility index (Phi) is 9.50. The number of benzene rings is 2. The second kappa shape index (κ2) is 14.0. The van der Waals surface area contributed by atoms with Crippen molar-refractivity contribution >= 4 is 23.7 Å². The molecule has 2 aromatic carbocycles. The fourth-order valence-electron chi connectivity index (χ4n) is 7.63. The van der Waals surface area contributed by atoms with Gasteiger partial charge in [0.1, 0.15) is 6.04 Å². The third-order valence-electron chi connectivity index (χ3n) is 10.8. The minimum atomic E-state index is -0.963. The first-order chi connectivity index (χ1) is 23.6. The number of carbonyl (C=O) groups excluding carboxylic acids is 3. The topological polar surface area (TPSA) is 131 Å². The van der Waals surface area contributed by atoms with E-state index in [4.69, 9.17) is 0 Å². The molecule has 1 unspecified atom stereocenters. The molecular formula is C38H47N7O4. The highest BCUT2D eigenvalue weighted by Gasteiger charge is 2.41. The lowest BCUT2D eigenvalue weighted by Crippen LogP contribution is -2.52. The molecule has 3 saturated heterocycles. The molecule has 4 aliphatic heterocycles. The average Bonchev–Trinajstić information content (AvgIpc) is 3.43. The quantitative estimate of drug-likeness (QED) is 0.291. The van der Waals surface area contributed by atoms with E-state index in [0.29, 0.717) is 43.3 Å². The van der Waals surface area contributed by atoms with Gasteiger partial charge in [0.2, 0.25) is 17.8 Å². The van der Waals surface area contributed by atoms with Crippen LogP contribution in [-0.2, 0) is 34.8 Å². The molecule has 5 heterocycles. The number of rotatable bonds is 9. The number of fused-ring (bicyclic) bond motifs is 1. The van der Waals surface area contributed by atoms with Gasteiger partial charge < -0.3 is 15.3 Å². The van der Waals surface area contributed by atoms with Crippen LogP contribution in [0.15, 0.2) is 54.9 Å². The maximum atomic E-state index is 13.1. The Bertz CT molecular complexity index is 1680. The molecule has 0 aliphatic carbocycles. The molecule has 4 aliphatic rings. The summed E-state index contributed by atoms with van der Waals surface area (Å²) in [5.74, 6) is 0.245. The van der Waals surface area contributed by atoms with E-state index in [1.54, 1.807) is 11.0 Å². The standard InChI is InChI=1S/C38H47N7O4/c1-25(2)29-20-39-37(40-21-29)41-31-11-15-43(16-12-31)22-26-3-5-27(6-4-26)23-44-17-13-38(49,14-18-44)30-7-8-32-28(19-30)24-45(36(32)48)33-9-10-34(46)42-35(33)47/h3-8,19-21,25,31,33,49H,9-18,22-24H2,1-2H3,(H,39,40,41)(H,42,46,47). The van der Waals surface area contributed by atoms with Gasteiger partial charge in [0, 0.05) is 76.2 Å². The van der Waals surface area contributed by atoms with Crippen molar-refractivity contribution in [2.75, 3.05) is 31.5 Å². The van der Waals surface area contributed by atoms with Gasteiger partial charge in [0.05, 0.1) is 5.60 Å². The van der Waals surface area contributed by atoms with Crippen molar-refractivity contribution in [1.29, 1.82) is 0 Å². The van der Waals surface area contributed by atoms with Crippen LogP contribution in [0.2, 0.25) is 0 Å². The Labute approximate surface area is 288 Å². The van der Waals surface area contributed by atoms with Crippen LogP contribution < -0.4 is 10.6 Å². The average molecular weight is 666 g/mol. The summed E-state index contributed by atoms with van der Waals surface area (Å²) in [5.41, 5.74) is 5.00. The molecule has 0 spiro atoms. The zero-order chi connectivity index (χ0) is 34.1. The first-order valence-corrected chi connectivity index (χ1v) is 17.7. The molecule has 3 amide bonds. The predicted octanol–water partition coefficient (Wildman–Crippen LogP) is 3.92. The van der Waals surface area contributed by atoms with Gasteiger partial charge in [-0.15, -0.1) is 0 Å². The summed E-state index contributed by atoms with van der Waals surface area (Å²) < 4.78 is 0. The number of aromatic nitrogens is 2. The minimum Gasteiger partial charge on any atom is -0.385 e. The van der Waals surface area contributed by atoms with Crippen LogP contribution in [0.1, 0.15) is 96.5 Å². The summed E-state index contributed by atoms with van der Waals surface area (Å²) >= 11 is 0. The second-order valence-electron chi connectivity index (χ2n) is 14.6. The van der Waals surface area contributed by atoms with Crippen LogP contribution in [0.4, 0.5) is 5.95 Å². The highest BCUT2D eigenvalue weighted by atomic mass is 16.3. The molecule has 0 bridgehead atoms. The van der Waals surface area contributed by atoms with E-state index in [2.05, 4.69) is 68.5 Å². The fourth-order valence-corrected chi connectivity index (χ4v) is 7.63. The van der Waals surface area contributed by atoms with Crippen molar-refractivity contribution in [3.63, 3.8) is 0 Å². The van der Waals surface area contributed by atoms with Gasteiger partial charge in [-0.05, 0) is 71.9 Å². The number of hydrogen-bond donors (Lipinski definition) is 3. The molecule has 11 nitrogen and oxygen atoms in total. The Morgan fingerprint density at radius 3 is 2.14 bits per heavy atom. The predicted molar refractivity (Wildman–Crippen MR) is 185 cm³/mol. The molecule has 3 fully saturated rings. The number of likely N-dealkylation sites (tertiary alicyclic amines) is 2. The number of imide groups is 1. The van der Waals surface area contributed by atoms with Crippen molar-refractivity contribution in [3.8, 4) is 0 Å². The molecule has 258 valence electrons. The van der Waals surface area contributed by atoms with E-state index in [9.17, 15) is 19.5 Å². The van der Waals surface area contributed by atoms with Crippen molar-refractivity contribution in [2.24, 2.45) is 0 Å². The molecular weight excluding hydrogens is 618 g/mol. The molecule has 3 N–H and O–H groups in total. The van der Waals surface area contributed by atoms with Gasteiger partial charge in [-0.3, -0.25) is 29.5 Å².